The molecular formula is C27H33N3O5S. The highest BCUT2D eigenvalue weighted by Crippen LogP contribution is 2.30. The Kier molecular flexibility index (Phi) is 8.08. The molecule has 1 atom stereocenters. The Morgan fingerprint density at radius 2 is 1.72 bits per heavy atom. The molecule has 1 heterocycles. The summed E-state index contributed by atoms with van der Waals surface area (Å²) in [6, 6.07) is 15.4. The number of fused-ring (bicyclic) bond motifs is 1. The number of carbonyl (C=O) groups is 3. The van der Waals surface area contributed by atoms with Gasteiger partial charge in [0.15, 0.2) is 0 Å². The van der Waals surface area contributed by atoms with Crippen LogP contribution in [0.25, 0.3) is 0 Å². The van der Waals surface area contributed by atoms with E-state index in [0.29, 0.717) is 13.0 Å². The Labute approximate surface area is 212 Å². The first-order valence-electron chi connectivity index (χ1n) is 12.6. The summed E-state index contributed by atoms with van der Waals surface area (Å²) < 4.78 is 26.4. The van der Waals surface area contributed by atoms with Crippen LogP contribution in [0.2, 0.25) is 0 Å². The van der Waals surface area contributed by atoms with E-state index in [1.165, 1.54) is 12.1 Å². The molecular weight excluding hydrogens is 478 g/mol. The molecule has 0 aromatic heterocycles. The maximum atomic E-state index is 13.3. The Morgan fingerprint density at radius 3 is 2.42 bits per heavy atom. The average Bonchev–Trinajstić information content (AvgIpc) is 3.45. The average molecular weight is 512 g/mol. The number of sulfonamides is 1. The van der Waals surface area contributed by atoms with Gasteiger partial charge >= 0.3 is 0 Å². The summed E-state index contributed by atoms with van der Waals surface area (Å²) in [4.78, 5) is 40.5. The third-order valence-corrected chi connectivity index (χ3v) is 8.86. The van der Waals surface area contributed by atoms with Crippen LogP contribution in [-0.4, -0.2) is 60.5 Å². The van der Waals surface area contributed by atoms with Crippen LogP contribution in [0.3, 0.4) is 0 Å². The quantitative estimate of drug-likeness (QED) is 0.528. The predicted octanol–water partition coefficient (Wildman–Crippen LogP) is 3.13. The number of benzene rings is 2. The summed E-state index contributed by atoms with van der Waals surface area (Å²) in [5, 5.41) is 3.07. The molecule has 1 fully saturated rings. The molecule has 1 N–H and O–H groups in total. The topological polar surface area (TPSA) is 104 Å². The van der Waals surface area contributed by atoms with E-state index < -0.39 is 22.0 Å². The van der Waals surface area contributed by atoms with Crippen molar-refractivity contribution in [3.8, 4) is 0 Å². The van der Waals surface area contributed by atoms with Crippen molar-refractivity contribution in [3.63, 3.8) is 0 Å². The Hall–Kier alpha value is -3.20. The molecule has 36 heavy (non-hydrogen) atoms. The van der Waals surface area contributed by atoms with Crippen LogP contribution in [0.1, 0.15) is 61.4 Å². The van der Waals surface area contributed by atoms with Crippen LogP contribution in [0.15, 0.2) is 59.5 Å². The second-order valence-corrected chi connectivity index (χ2v) is 11.3. The van der Waals surface area contributed by atoms with Gasteiger partial charge < -0.3 is 10.2 Å². The zero-order valence-electron chi connectivity index (χ0n) is 20.6. The normalized spacial score (nSPS) is 17.6. The lowest BCUT2D eigenvalue weighted by Gasteiger charge is -2.30. The first kappa shape index (κ1) is 25.9. The molecule has 3 amide bonds. The first-order valence-corrected chi connectivity index (χ1v) is 14.0. The van der Waals surface area contributed by atoms with Gasteiger partial charge in [-0.05, 0) is 50.3 Å². The molecule has 4 rings (SSSR count). The summed E-state index contributed by atoms with van der Waals surface area (Å²) in [6.45, 7) is 2.02. The van der Waals surface area contributed by atoms with E-state index in [9.17, 15) is 22.8 Å². The Morgan fingerprint density at radius 1 is 1.06 bits per heavy atom. The summed E-state index contributed by atoms with van der Waals surface area (Å²) in [6.07, 6.45) is 4.91. The van der Waals surface area contributed by atoms with Crippen LogP contribution in [0.5, 0.6) is 0 Å². The van der Waals surface area contributed by atoms with E-state index in [1.807, 2.05) is 30.3 Å². The van der Waals surface area contributed by atoms with E-state index in [0.717, 1.165) is 35.6 Å². The fraction of sp³-hybridized carbons (Fsp3) is 0.444. The standard InChI is InChI=1S/C27H33N3O5S/c1-20(26(32)28-22-12-5-6-13-22)29(19-17-21-10-3-2-4-11-21)25(31)16-9-18-30-27(33)23-14-7-8-15-24(23)36(30,34)35/h2-4,7-8,10-11,14-15,20,22H,5-6,9,12-13,16-19H2,1H3,(H,28,32)/t20-/m1/s1. The van der Waals surface area contributed by atoms with Gasteiger partial charge in [-0.15, -0.1) is 0 Å². The molecule has 1 aliphatic carbocycles. The lowest BCUT2D eigenvalue weighted by molar-refractivity contribution is -0.140. The van der Waals surface area contributed by atoms with Crippen LogP contribution in [0.4, 0.5) is 0 Å². The van der Waals surface area contributed by atoms with Crippen molar-refractivity contribution < 1.29 is 22.8 Å². The largest absolute Gasteiger partial charge is 0.352 e. The molecule has 9 heteroatoms. The molecule has 2 aromatic carbocycles. The molecule has 8 nitrogen and oxygen atoms in total. The van der Waals surface area contributed by atoms with Crippen LogP contribution < -0.4 is 5.32 Å². The third kappa shape index (κ3) is 5.61. The van der Waals surface area contributed by atoms with Gasteiger partial charge in [0.25, 0.3) is 15.9 Å². The minimum absolute atomic E-state index is 0.00280. The maximum Gasteiger partial charge on any atom is 0.269 e. The van der Waals surface area contributed by atoms with Gasteiger partial charge in [0.1, 0.15) is 10.9 Å². The summed E-state index contributed by atoms with van der Waals surface area (Å²) in [5.41, 5.74) is 1.22. The molecule has 2 aromatic rings. The molecule has 0 bridgehead atoms. The van der Waals surface area contributed by atoms with Gasteiger partial charge in [0.05, 0.1) is 5.56 Å². The van der Waals surface area contributed by atoms with E-state index in [4.69, 9.17) is 0 Å². The Balaban J connectivity index is 1.40. The van der Waals surface area contributed by atoms with Crippen molar-refractivity contribution in [1.82, 2.24) is 14.5 Å². The van der Waals surface area contributed by atoms with Gasteiger partial charge in [-0.3, -0.25) is 14.4 Å². The number of nitrogens with zero attached hydrogens (tertiary/aromatic N) is 2. The maximum absolute atomic E-state index is 13.3. The SMILES string of the molecule is C[C@H](C(=O)NC1CCCC1)N(CCc1ccccc1)C(=O)CCCN1C(=O)c2ccccc2S1(=O)=O. The van der Waals surface area contributed by atoms with E-state index in [-0.39, 0.29) is 47.7 Å². The van der Waals surface area contributed by atoms with E-state index >= 15 is 0 Å². The summed E-state index contributed by atoms with van der Waals surface area (Å²) >= 11 is 0. The highest BCUT2D eigenvalue weighted by Gasteiger charge is 2.40. The molecule has 192 valence electrons. The molecule has 0 unspecified atom stereocenters. The number of nitrogens with one attached hydrogen (secondary N) is 1. The minimum atomic E-state index is -3.91. The van der Waals surface area contributed by atoms with Crippen molar-refractivity contribution in [1.29, 1.82) is 0 Å². The lowest BCUT2D eigenvalue weighted by Crippen LogP contribution is -2.50. The number of amides is 3. The van der Waals surface area contributed by atoms with E-state index in [2.05, 4.69) is 5.32 Å². The van der Waals surface area contributed by atoms with E-state index in [1.54, 1.807) is 24.0 Å². The molecule has 0 spiro atoms. The van der Waals surface area contributed by atoms with Gasteiger partial charge in [-0.1, -0.05) is 55.3 Å². The number of carbonyl (C=O) groups excluding carboxylic acids is 3. The van der Waals surface area contributed by atoms with Crippen LogP contribution in [0, 0.1) is 0 Å². The third-order valence-electron chi connectivity index (χ3n) is 7.02. The van der Waals surface area contributed by atoms with Crippen molar-refractivity contribution >= 4 is 27.7 Å². The van der Waals surface area contributed by atoms with Crippen molar-refractivity contribution in [3.05, 3.63) is 65.7 Å². The highest BCUT2D eigenvalue weighted by molar-refractivity contribution is 7.90. The molecule has 1 aliphatic heterocycles. The predicted molar refractivity (Wildman–Crippen MR) is 136 cm³/mol. The molecule has 2 aliphatic rings. The summed E-state index contributed by atoms with van der Waals surface area (Å²) in [7, 11) is -3.91. The Bertz CT molecular complexity index is 1210. The van der Waals surface area contributed by atoms with Gasteiger partial charge in [0, 0.05) is 25.6 Å². The fourth-order valence-corrected chi connectivity index (χ4v) is 6.54. The summed E-state index contributed by atoms with van der Waals surface area (Å²) in [5.74, 6) is -0.971. The molecule has 1 saturated carbocycles. The molecule has 0 saturated heterocycles. The van der Waals surface area contributed by atoms with Gasteiger partial charge in [-0.25, -0.2) is 12.7 Å². The van der Waals surface area contributed by atoms with Crippen molar-refractivity contribution in [2.45, 2.75) is 68.8 Å². The monoisotopic (exact) mass is 511 g/mol. The lowest BCUT2D eigenvalue weighted by atomic mass is 10.1. The van der Waals surface area contributed by atoms with Gasteiger partial charge in [-0.2, -0.15) is 0 Å². The smallest absolute Gasteiger partial charge is 0.269 e. The highest BCUT2D eigenvalue weighted by atomic mass is 32.2. The van der Waals surface area contributed by atoms with Crippen molar-refractivity contribution in [2.75, 3.05) is 13.1 Å². The molecule has 0 radical (unpaired) electrons. The minimum Gasteiger partial charge on any atom is -0.352 e. The number of rotatable bonds is 10. The zero-order valence-corrected chi connectivity index (χ0v) is 21.4. The fourth-order valence-electron chi connectivity index (χ4n) is 4.93. The van der Waals surface area contributed by atoms with Crippen molar-refractivity contribution in [2.24, 2.45) is 0 Å². The second kappa shape index (κ2) is 11.2. The second-order valence-electron chi connectivity index (χ2n) is 9.47. The first-order chi connectivity index (χ1) is 17.3. The number of hydrogen-bond acceptors (Lipinski definition) is 5. The zero-order chi connectivity index (χ0) is 25.7. The van der Waals surface area contributed by atoms with Crippen LogP contribution >= 0.6 is 0 Å². The number of hydrogen-bond donors (Lipinski definition) is 1. The van der Waals surface area contributed by atoms with Gasteiger partial charge in [0.2, 0.25) is 11.8 Å². The van der Waals surface area contributed by atoms with Crippen LogP contribution in [-0.2, 0) is 26.0 Å².